The molecule has 1 aromatic rings. The molecule has 2 aliphatic carbocycles. The molecule has 3 heteroatoms. The number of fused-ring (bicyclic) bond motifs is 1. The minimum atomic E-state index is -0.298. The van der Waals surface area contributed by atoms with E-state index in [9.17, 15) is 9.90 Å². The molecule has 0 radical (unpaired) electrons. The van der Waals surface area contributed by atoms with Crippen molar-refractivity contribution in [3.8, 4) is 0 Å². The summed E-state index contributed by atoms with van der Waals surface area (Å²) in [5.41, 5.74) is 1.74. The van der Waals surface area contributed by atoms with Crippen molar-refractivity contribution in [1.82, 2.24) is 0 Å². The molecule has 4 atom stereocenters. The van der Waals surface area contributed by atoms with Gasteiger partial charge in [-0.1, -0.05) is 48.3 Å². The number of allylic oxidation sites excluding steroid dienone is 1. The van der Waals surface area contributed by atoms with E-state index in [-0.39, 0.29) is 23.2 Å². The standard InChI is InChI=1S/C19H23BrO2/c1-12-16-7-4-8-17(21)19(16,2)11-14(18(12)22)9-13-5-3-6-15(20)10-13/h3,5-6,9-10,12,16-17,21H,4,7-8,11H2,1-2H3/b14-9+/t12?,16?,17-,19-/m0/s1. The zero-order valence-electron chi connectivity index (χ0n) is 13.2. The minimum Gasteiger partial charge on any atom is -0.393 e. The lowest BCUT2D eigenvalue weighted by molar-refractivity contribution is -0.133. The summed E-state index contributed by atoms with van der Waals surface area (Å²) >= 11 is 3.48. The molecule has 0 heterocycles. The smallest absolute Gasteiger partial charge is 0.161 e. The summed E-state index contributed by atoms with van der Waals surface area (Å²) in [6.07, 6.45) is 5.35. The Labute approximate surface area is 140 Å². The van der Waals surface area contributed by atoms with E-state index in [0.717, 1.165) is 34.9 Å². The van der Waals surface area contributed by atoms with Gasteiger partial charge in [0.1, 0.15) is 0 Å². The number of aliphatic hydroxyl groups is 1. The maximum Gasteiger partial charge on any atom is 0.161 e. The molecule has 0 spiro atoms. The molecule has 0 amide bonds. The van der Waals surface area contributed by atoms with Gasteiger partial charge < -0.3 is 5.11 Å². The van der Waals surface area contributed by atoms with Gasteiger partial charge in [-0.2, -0.15) is 0 Å². The van der Waals surface area contributed by atoms with Crippen LogP contribution in [0.25, 0.3) is 6.08 Å². The number of halogens is 1. The van der Waals surface area contributed by atoms with Crippen molar-refractivity contribution in [3.05, 3.63) is 39.9 Å². The first-order valence-corrected chi connectivity index (χ1v) is 8.89. The Morgan fingerprint density at radius 1 is 1.36 bits per heavy atom. The molecule has 0 saturated heterocycles. The second-order valence-electron chi connectivity index (χ2n) is 7.11. The lowest BCUT2D eigenvalue weighted by Gasteiger charge is -2.51. The molecule has 22 heavy (non-hydrogen) atoms. The summed E-state index contributed by atoms with van der Waals surface area (Å²) in [5, 5.41) is 10.5. The van der Waals surface area contributed by atoms with Gasteiger partial charge in [0.25, 0.3) is 0 Å². The summed E-state index contributed by atoms with van der Waals surface area (Å²) in [4.78, 5) is 12.8. The van der Waals surface area contributed by atoms with E-state index in [1.54, 1.807) is 0 Å². The molecule has 2 nitrogen and oxygen atoms in total. The SMILES string of the molecule is CC1C(=O)/C(=C/c2cccc(Br)c2)C[C@@]2(C)C1CCC[C@@H]2O. The molecule has 0 aliphatic heterocycles. The van der Waals surface area contributed by atoms with E-state index < -0.39 is 0 Å². The maximum atomic E-state index is 12.8. The van der Waals surface area contributed by atoms with Crippen molar-refractivity contribution in [2.24, 2.45) is 17.3 Å². The van der Waals surface area contributed by atoms with Crippen LogP contribution in [0.5, 0.6) is 0 Å². The van der Waals surface area contributed by atoms with Crippen LogP contribution in [0.15, 0.2) is 34.3 Å². The highest BCUT2D eigenvalue weighted by molar-refractivity contribution is 9.10. The van der Waals surface area contributed by atoms with Crippen LogP contribution >= 0.6 is 15.9 Å². The molecule has 1 N–H and O–H groups in total. The predicted octanol–water partition coefficient (Wildman–Crippen LogP) is 4.61. The van der Waals surface area contributed by atoms with Crippen molar-refractivity contribution < 1.29 is 9.90 Å². The predicted molar refractivity (Wildman–Crippen MR) is 92.4 cm³/mol. The monoisotopic (exact) mass is 362 g/mol. The third kappa shape index (κ3) is 2.69. The van der Waals surface area contributed by atoms with Crippen molar-refractivity contribution >= 4 is 27.8 Å². The Hall–Kier alpha value is -0.930. The van der Waals surface area contributed by atoms with Gasteiger partial charge in [-0.25, -0.2) is 0 Å². The highest BCUT2D eigenvalue weighted by atomic mass is 79.9. The fourth-order valence-electron chi connectivity index (χ4n) is 4.40. The molecule has 2 saturated carbocycles. The normalized spacial score (nSPS) is 37.2. The Morgan fingerprint density at radius 2 is 2.14 bits per heavy atom. The van der Waals surface area contributed by atoms with Crippen LogP contribution in [0.2, 0.25) is 0 Å². The summed E-state index contributed by atoms with van der Waals surface area (Å²) in [5.74, 6) is 0.576. The number of Topliss-reactive ketones (excluding diaryl/α,β-unsaturated/α-hetero) is 1. The fraction of sp³-hybridized carbons (Fsp3) is 0.526. The number of carbonyl (C=O) groups excluding carboxylic acids is 1. The second-order valence-corrected chi connectivity index (χ2v) is 8.03. The second kappa shape index (κ2) is 5.93. The highest BCUT2D eigenvalue weighted by Crippen LogP contribution is 2.53. The van der Waals surface area contributed by atoms with Gasteiger partial charge in [0, 0.05) is 15.8 Å². The Morgan fingerprint density at radius 3 is 2.86 bits per heavy atom. The molecule has 2 unspecified atom stereocenters. The fourth-order valence-corrected chi connectivity index (χ4v) is 4.82. The number of hydrogen-bond donors (Lipinski definition) is 1. The number of ketones is 1. The van der Waals surface area contributed by atoms with Gasteiger partial charge in [0.15, 0.2) is 5.78 Å². The van der Waals surface area contributed by atoms with E-state index in [1.807, 2.05) is 37.3 Å². The lowest BCUT2D eigenvalue weighted by atomic mass is 9.54. The van der Waals surface area contributed by atoms with Crippen LogP contribution in [-0.4, -0.2) is 17.0 Å². The summed E-state index contributed by atoms with van der Waals surface area (Å²) in [6.45, 7) is 4.20. The van der Waals surface area contributed by atoms with Crippen LogP contribution in [0.1, 0.15) is 45.1 Å². The van der Waals surface area contributed by atoms with Gasteiger partial charge in [-0.15, -0.1) is 0 Å². The molecule has 0 aromatic heterocycles. The van der Waals surface area contributed by atoms with E-state index in [2.05, 4.69) is 22.9 Å². The number of aliphatic hydroxyl groups excluding tert-OH is 1. The number of rotatable bonds is 1. The van der Waals surface area contributed by atoms with Crippen LogP contribution in [-0.2, 0) is 4.79 Å². The first kappa shape index (κ1) is 15.9. The third-order valence-corrected chi connectivity index (χ3v) is 6.19. The van der Waals surface area contributed by atoms with Crippen molar-refractivity contribution in [3.63, 3.8) is 0 Å². The van der Waals surface area contributed by atoms with E-state index >= 15 is 0 Å². The van der Waals surface area contributed by atoms with Gasteiger partial charge in [-0.3, -0.25) is 4.79 Å². The summed E-state index contributed by atoms with van der Waals surface area (Å²) < 4.78 is 1.01. The molecule has 0 bridgehead atoms. The van der Waals surface area contributed by atoms with Gasteiger partial charge in [0.05, 0.1) is 6.10 Å². The quantitative estimate of drug-likeness (QED) is 0.740. The average Bonchev–Trinajstić information content (AvgIpc) is 2.47. The first-order valence-electron chi connectivity index (χ1n) is 8.10. The maximum absolute atomic E-state index is 12.8. The molecule has 2 aliphatic rings. The molecular formula is C19H23BrO2. The zero-order valence-corrected chi connectivity index (χ0v) is 14.8. The summed E-state index contributed by atoms with van der Waals surface area (Å²) in [7, 11) is 0. The minimum absolute atomic E-state index is 0.00658. The molecule has 2 fully saturated rings. The molecular weight excluding hydrogens is 340 g/mol. The molecule has 3 rings (SSSR count). The van der Waals surface area contributed by atoms with E-state index in [0.29, 0.717) is 12.3 Å². The van der Waals surface area contributed by atoms with Gasteiger partial charge >= 0.3 is 0 Å². The zero-order chi connectivity index (χ0) is 15.9. The largest absolute Gasteiger partial charge is 0.393 e. The van der Waals surface area contributed by atoms with Crippen LogP contribution < -0.4 is 0 Å². The average molecular weight is 363 g/mol. The summed E-state index contributed by atoms with van der Waals surface area (Å²) in [6, 6.07) is 8.00. The van der Waals surface area contributed by atoms with E-state index in [4.69, 9.17) is 0 Å². The topological polar surface area (TPSA) is 37.3 Å². The number of hydrogen-bond acceptors (Lipinski definition) is 2. The lowest BCUT2D eigenvalue weighted by Crippen LogP contribution is -2.51. The van der Waals surface area contributed by atoms with Crippen molar-refractivity contribution in [1.29, 1.82) is 0 Å². The Bertz CT molecular complexity index is 622. The van der Waals surface area contributed by atoms with Gasteiger partial charge in [-0.05, 0) is 54.5 Å². The Kier molecular flexibility index (Phi) is 4.30. The van der Waals surface area contributed by atoms with Crippen molar-refractivity contribution in [2.75, 3.05) is 0 Å². The highest BCUT2D eigenvalue weighted by Gasteiger charge is 2.51. The number of carbonyl (C=O) groups is 1. The van der Waals surface area contributed by atoms with Crippen LogP contribution in [0.3, 0.4) is 0 Å². The van der Waals surface area contributed by atoms with Crippen LogP contribution in [0.4, 0.5) is 0 Å². The van der Waals surface area contributed by atoms with Crippen molar-refractivity contribution in [2.45, 2.75) is 45.6 Å². The Balaban J connectivity index is 1.97. The van der Waals surface area contributed by atoms with Crippen LogP contribution in [0, 0.1) is 17.3 Å². The van der Waals surface area contributed by atoms with E-state index in [1.165, 1.54) is 0 Å². The third-order valence-electron chi connectivity index (χ3n) is 5.70. The first-order chi connectivity index (χ1) is 10.4. The number of benzene rings is 1. The molecule has 118 valence electrons. The van der Waals surface area contributed by atoms with Gasteiger partial charge in [0.2, 0.25) is 0 Å². The molecule has 1 aromatic carbocycles.